The molecular formula is C14H17FO5. The fourth-order valence-corrected chi connectivity index (χ4v) is 2.52. The predicted molar refractivity (Wildman–Crippen MR) is 66.6 cm³/mol. The number of ether oxygens (including phenoxy) is 4. The molecule has 1 aromatic carbocycles. The summed E-state index contributed by atoms with van der Waals surface area (Å²) in [7, 11) is 1.33. The summed E-state index contributed by atoms with van der Waals surface area (Å²) >= 11 is 0. The summed E-state index contributed by atoms with van der Waals surface area (Å²) in [5.74, 6) is 0. The van der Waals surface area contributed by atoms with Gasteiger partial charge in [0.2, 0.25) is 0 Å². The molecule has 6 heteroatoms. The molecular weight excluding hydrogens is 267 g/mol. The Labute approximate surface area is 116 Å². The summed E-state index contributed by atoms with van der Waals surface area (Å²) in [5.41, 5.74) is 0.822. The summed E-state index contributed by atoms with van der Waals surface area (Å²) in [6.45, 7) is 0.216. The van der Waals surface area contributed by atoms with Gasteiger partial charge in [-0.1, -0.05) is 30.3 Å². The molecule has 2 aliphatic rings. The zero-order valence-corrected chi connectivity index (χ0v) is 11.0. The van der Waals surface area contributed by atoms with Gasteiger partial charge in [-0.2, -0.15) is 0 Å². The van der Waals surface area contributed by atoms with Crippen molar-refractivity contribution < 1.29 is 28.4 Å². The van der Waals surface area contributed by atoms with Crippen LogP contribution < -0.4 is 0 Å². The molecule has 0 amide bonds. The van der Waals surface area contributed by atoms with Crippen molar-refractivity contribution in [2.75, 3.05) is 13.7 Å². The van der Waals surface area contributed by atoms with E-state index in [4.69, 9.17) is 18.9 Å². The fraction of sp³-hybridized carbons (Fsp3) is 0.571. The second-order valence-electron chi connectivity index (χ2n) is 4.89. The van der Waals surface area contributed by atoms with Crippen LogP contribution >= 0.6 is 0 Å². The van der Waals surface area contributed by atoms with Crippen molar-refractivity contribution in [2.24, 2.45) is 0 Å². The van der Waals surface area contributed by atoms with E-state index in [1.54, 1.807) is 0 Å². The number of hydrogen-bond acceptors (Lipinski definition) is 5. The molecule has 2 fully saturated rings. The number of methoxy groups -OCH3 is 1. The molecule has 0 saturated carbocycles. The average molecular weight is 284 g/mol. The first-order valence-corrected chi connectivity index (χ1v) is 6.53. The van der Waals surface area contributed by atoms with Crippen LogP contribution in [0.3, 0.4) is 0 Å². The highest BCUT2D eigenvalue weighted by molar-refractivity contribution is 5.16. The first-order chi connectivity index (χ1) is 9.70. The zero-order chi connectivity index (χ0) is 14.1. The number of hydrogen-bond donors (Lipinski definition) is 1. The molecule has 110 valence electrons. The van der Waals surface area contributed by atoms with Crippen molar-refractivity contribution in [1.82, 2.24) is 0 Å². The third-order valence-corrected chi connectivity index (χ3v) is 3.59. The number of rotatable bonds is 2. The van der Waals surface area contributed by atoms with Crippen molar-refractivity contribution in [1.29, 1.82) is 0 Å². The van der Waals surface area contributed by atoms with E-state index < -0.39 is 37.1 Å². The highest BCUT2D eigenvalue weighted by atomic mass is 19.1. The molecule has 1 N–H and O–H groups in total. The van der Waals surface area contributed by atoms with Gasteiger partial charge in [0.15, 0.2) is 18.8 Å². The molecule has 20 heavy (non-hydrogen) atoms. The Kier molecular flexibility index (Phi) is 4.00. The minimum atomic E-state index is -1.64. The van der Waals surface area contributed by atoms with Crippen LogP contribution in [0.25, 0.3) is 0 Å². The summed E-state index contributed by atoms with van der Waals surface area (Å²) in [4.78, 5) is 0. The standard InChI is InChI=1S/C14H17FO5/c1-17-14-10(15)11(16)12-9(19-14)7-18-13(20-12)8-5-3-2-4-6-8/h2-6,9-14,16H,7H2,1H3/t9-,10-,11?,12-,13-,14-/m1/s1. The Morgan fingerprint density at radius 2 is 2.00 bits per heavy atom. The molecule has 6 atom stereocenters. The molecule has 3 rings (SSSR count). The Morgan fingerprint density at radius 3 is 2.70 bits per heavy atom. The molecule has 2 aliphatic heterocycles. The second kappa shape index (κ2) is 5.75. The molecule has 0 bridgehead atoms. The molecule has 1 unspecified atom stereocenters. The highest BCUT2D eigenvalue weighted by Gasteiger charge is 2.49. The molecule has 2 heterocycles. The lowest BCUT2D eigenvalue weighted by atomic mass is 9.99. The van der Waals surface area contributed by atoms with E-state index in [1.807, 2.05) is 30.3 Å². The summed E-state index contributed by atoms with van der Waals surface area (Å²) in [5, 5.41) is 10.0. The van der Waals surface area contributed by atoms with Gasteiger partial charge >= 0.3 is 0 Å². The Hall–Kier alpha value is -1.05. The quantitative estimate of drug-likeness (QED) is 0.883. The van der Waals surface area contributed by atoms with Gasteiger partial charge in [-0.05, 0) is 0 Å². The van der Waals surface area contributed by atoms with Crippen molar-refractivity contribution in [3.05, 3.63) is 35.9 Å². The largest absolute Gasteiger partial charge is 0.387 e. The van der Waals surface area contributed by atoms with Gasteiger partial charge in [0, 0.05) is 12.7 Å². The van der Waals surface area contributed by atoms with E-state index in [-0.39, 0.29) is 6.61 Å². The van der Waals surface area contributed by atoms with E-state index in [9.17, 15) is 9.50 Å². The monoisotopic (exact) mass is 284 g/mol. The summed E-state index contributed by atoms with van der Waals surface area (Å²) in [6.07, 6.45) is -5.96. The third-order valence-electron chi connectivity index (χ3n) is 3.59. The lowest BCUT2D eigenvalue weighted by Gasteiger charge is -2.45. The number of alkyl halides is 1. The van der Waals surface area contributed by atoms with E-state index in [2.05, 4.69) is 0 Å². The van der Waals surface area contributed by atoms with Crippen molar-refractivity contribution in [2.45, 2.75) is 37.1 Å². The van der Waals surface area contributed by atoms with Crippen LogP contribution in [0.1, 0.15) is 11.9 Å². The number of benzene rings is 1. The third kappa shape index (κ3) is 2.45. The smallest absolute Gasteiger partial charge is 0.191 e. The Bertz CT molecular complexity index is 440. The van der Waals surface area contributed by atoms with Crippen molar-refractivity contribution in [3.8, 4) is 0 Å². The summed E-state index contributed by atoms with van der Waals surface area (Å²) in [6, 6.07) is 9.31. The van der Waals surface area contributed by atoms with Crippen molar-refractivity contribution >= 4 is 0 Å². The number of halogens is 1. The molecule has 5 nitrogen and oxygen atoms in total. The number of aliphatic hydroxyl groups is 1. The first-order valence-electron chi connectivity index (χ1n) is 6.53. The van der Waals surface area contributed by atoms with Gasteiger partial charge in [-0.3, -0.25) is 0 Å². The first kappa shape index (κ1) is 13.9. The molecule has 0 radical (unpaired) electrons. The van der Waals surface area contributed by atoms with Crippen molar-refractivity contribution in [3.63, 3.8) is 0 Å². The highest BCUT2D eigenvalue weighted by Crippen LogP contribution is 2.34. The zero-order valence-electron chi connectivity index (χ0n) is 11.0. The molecule has 1 aromatic rings. The SMILES string of the molecule is CO[C@@H]1O[C@@H]2CO[C@@H](c3ccccc3)O[C@H]2C(O)[C@H]1F. The van der Waals surface area contributed by atoms with E-state index in [0.29, 0.717) is 0 Å². The van der Waals surface area contributed by atoms with Gasteiger partial charge in [-0.15, -0.1) is 0 Å². The van der Waals surface area contributed by atoms with Crippen LogP contribution in [0.15, 0.2) is 30.3 Å². The van der Waals surface area contributed by atoms with Crippen LogP contribution in [0.5, 0.6) is 0 Å². The lowest BCUT2D eigenvalue weighted by molar-refractivity contribution is -0.350. The predicted octanol–water partition coefficient (Wildman–Crippen LogP) is 1.17. The van der Waals surface area contributed by atoms with Gasteiger partial charge in [0.1, 0.15) is 18.3 Å². The minimum absolute atomic E-state index is 0.216. The molecule has 2 saturated heterocycles. The summed E-state index contributed by atoms with van der Waals surface area (Å²) < 4.78 is 35.4. The van der Waals surface area contributed by atoms with E-state index in [1.165, 1.54) is 7.11 Å². The van der Waals surface area contributed by atoms with Crippen LogP contribution in [-0.2, 0) is 18.9 Å². The fourth-order valence-electron chi connectivity index (χ4n) is 2.52. The van der Waals surface area contributed by atoms with Gasteiger partial charge in [0.05, 0.1) is 6.61 Å². The van der Waals surface area contributed by atoms with Crippen LogP contribution in [-0.4, -0.2) is 49.6 Å². The maximum Gasteiger partial charge on any atom is 0.191 e. The van der Waals surface area contributed by atoms with Crippen LogP contribution in [0, 0.1) is 0 Å². The van der Waals surface area contributed by atoms with E-state index in [0.717, 1.165) is 5.56 Å². The van der Waals surface area contributed by atoms with Gasteiger partial charge in [0.25, 0.3) is 0 Å². The molecule has 0 spiro atoms. The maximum absolute atomic E-state index is 13.9. The molecule has 0 aliphatic carbocycles. The van der Waals surface area contributed by atoms with Gasteiger partial charge in [-0.25, -0.2) is 4.39 Å². The van der Waals surface area contributed by atoms with Crippen LogP contribution in [0.2, 0.25) is 0 Å². The van der Waals surface area contributed by atoms with Gasteiger partial charge < -0.3 is 24.1 Å². The lowest BCUT2D eigenvalue weighted by Crippen LogP contribution is -2.60. The minimum Gasteiger partial charge on any atom is -0.387 e. The number of aliphatic hydroxyl groups excluding tert-OH is 1. The maximum atomic E-state index is 13.9. The molecule has 0 aromatic heterocycles. The Morgan fingerprint density at radius 1 is 1.25 bits per heavy atom. The topological polar surface area (TPSA) is 57.2 Å². The Balaban J connectivity index is 1.74. The normalized spacial score (nSPS) is 41.1. The average Bonchev–Trinajstić information content (AvgIpc) is 2.51. The second-order valence-corrected chi connectivity index (χ2v) is 4.89. The van der Waals surface area contributed by atoms with Crippen LogP contribution in [0.4, 0.5) is 4.39 Å². The number of fused-ring (bicyclic) bond motifs is 1. The van der Waals surface area contributed by atoms with E-state index >= 15 is 0 Å².